The van der Waals surface area contributed by atoms with Crippen molar-refractivity contribution in [1.82, 2.24) is 4.90 Å². The lowest BCUT2D eigenvalue weighted by atomic mass is 9.83. The molecule has 0 saturated carbocycles. The summed E-state index contributed by atoms with van der Waals surface area (Å²) in [6.07, 6.45) is 3.58. The van der Waals surface area contributed by atoms with Crippen LogP contribution in [-0.4, -0.2) is 39.2 Å². The second-order valence-electron chi connectivity index (χ2n) is 9.62. The molecular weight excluding hydrogens is 486 g/mol. The van der Waals surface area contributed by atoms with Gasteiger partial charge in [0.15, 0.2) is 11.6 Å². The van der Waals surface area contributed by atoms with Gasteiger partial charge in [-0.05, 0) is 48.4 Å². The summed E-state index contributed by atoms with van der Waals surface area (Å²) in [5.74, 6) is -3.39. The maximum Gasteiger partial charge on any atom is 0.270 e. The van der Waals surface area contributed by atoms with E-state index in [1.54, 1.807) is 35.4 Å². The third-order valence-electron chi connectivity index (χ3n) is 7.60. The average Bonchev–Trinajstić information content (AvgIpc) is 3.40. The Labute approximate surface area is 217 Å². The molecule has 0 aliphatic carbocycles. The molecule has 2 saturated heterocycles. The van der Waals surface area contributed by atoms with Gasteiger partial charge in [-0.2, -0.15) is 0 Å². The van der Waals surface area contributed by atoms with Gasteiger partial charge in [0.05, 0.1) is 28.5 Å². The Morgan fingerprint density at radius 3 is 2.29 bits per heavy atom. The summed E-state index contributed by atoms with van der Waals surface area (Å²) in [5.41, 5.74) is 2.36. The second-order valence-corrected chi connectivity index (χ2v) is 9.62. The van der Waals surface area contributed by atoms with E-state index >= 15 is 0 Å². The van der Waals surface area contributed by atoms with Crippen LogP contribution >= 0.6 is 0 Å². The zero-order valence-electron chi connectivity index (χ0n) is 20.2. The van der Waals surface area contributed by atoms with Gasteiger partial charge in [-0.25, -0.2) is 4.90 Å². The largest absolute Gasteiger partial charge is 0.358 e. The van der Waals surface area contributed by atoms with Crippen molar-refractivity contribution in [3.63, 3.8) is 0 Å². The summed E-state index contributed by atoms with van der Waals surface area (Å²) >= 11 is 0. The van der Waals surface area contributed by atoms with E-state index in [2.05, 4.69) is 0 Å². The van der Waals surface area contributed by atoms with Crippen LogP contribution in [0, 0.1) is 22.0 Å². The van der Waals surface area contributed by atoms with Crippen LogP contribution in [0.2, 0.25) is 0 Å². The maximum absolute atomic E-state index is 13.9. The zero-order valence-corrected chi connectivity index (χ0v) is 20.2. The first kappa shape index (κ1) is 23.5. The van der Waals surface area contributed by atoms with Gasteiger partial charge < -0.3 is 4.90 Å². The molecule has 2 amide bonds. The van der Waals surface area contributed by atoms with E-state index in [1.165, 1.54) is 31.2 Å². The summed E-state index contributed by atoms with van der Waals surface area (Å²) < 4.78 is 0. The normalized spacial score (nSPS) is 23.2. The van der Waals surface area contributed by atoms with E-state index in [0.717, 1.165) is 16.0 Å². The topological polar surface area (TPSA) is 118 Å². The first-order valence-corrected chi connectivity index (χ1v) is 12.1. The summed E-state index contributed by atoms with van der Waals surface area (Å²) in [5, 5.41) is 11.4. The molecule has 2 fully saturated rings. The highest BCUT2D eigenvalue weighted by Crippen LogP contribution is 2.53. The third-order valence-corrected chi connectivity index (χ3v) is 7.60. The van der Waals surface area contributed by atoms with E-state index in [0.29, 0.717) is 11.3 Å². The molecule has 0 unspecified atom stereocenters. The molecule has 3 aliphatic rings. The number of benzene rings is 3. The van der Waals surface area contributed by atoms with E-state index in [4.69, 9.17) is 0 Å². The van der Waals surface area contributed by atoms with Crippen LogP contribution in [0.3, 0.4) is 0 Å². The number of non-ortho nitro benzene ring substituents is 1. The number of Topliss-reactive ketones (excluding diaryl/α,β-unsaturated/α-hetero) is 2. The fraction of sp³-hybridized carbons (Fsp3) is 0.172. The lowest BCUT2D eigenvalue weighted by Crippen LogP contribution is -2.44. The SMILES string of the molecule is CC(=O)c1ccc(N2C(=O)[C@@H]3[C@H](C2=O)[C@@H]2c4ccccc4C=CN2[C@@H]3C(=O)c2cccc([N+](=O)[O-])c2)cc1. The van der Waals surface area contributed by atoms with Gasteiger partial charge in [0, 0.05) is 29.5 Å². The van der Waals surface area contributed by atoms with Gasteiger partial charge in [0.25, 0.3) is 5.69 Å². The Kier molecular flexibility index (Phi) is 5.30. The molecule has 38 heavy (non-hydrogen) atoms. The molecule has 3 aromatic rings. The molecule has 0 spiro atoms. The molecule has 3 aromatic carbocycles. The predicted octanol–water partition coefficient (Wildman–Crippen LogP) is 4.20. The van der Waals surface area contributed by atoms with Gasteiger partial charge in [-0.15, -0.1) is 0 Å². The van der Waals surface area contributed by atoms with Crippen LogP contribution in [0.4, 0.5) is 11.4 Å². The monoisotopic (exact) mass is 507 g/mol. The smallest absolute Gasteiger partial charge is 0.270 e. The Bertz CT molecular complexity index is 1580. The van der Waals surface area contributed by atoms with Crippen molar-refractivity contribution in [3.8, 4) is 0 Å². The molecule has 0 radical (unpaired) electrons. The molecule has 0 N–H and O–H groups in total. The number of nitro benzene ring substituents is 1. The highest BCUT2D eigenvalue weighted by Gasteiger charge is 2.64. The van der Waals surface area contributed by atoms with E-state index < -0.39 is 46.4 Å². The third kappa shape index (κ3) is 3.39. The van der Waals surface area contributed by atoms with Crippen LogP contribution in [0.25, 0.3) is 6.08 Å². The fourth-order valence-corrected chi connectivity index (χ4v) is 5.90. The number of carbonyl (C=O) groups is 4. The van der Waals surface area contributed by atoms with Crippen LogP contribution in [-0.2, 0) is 9.59 Å². The van der Waals surface area contributed by atoms with Crippen molar-refractivity contribution in [2.45, 2.75) is 19.0 Å². The van der Waals surface area contributed by atoms with Crippen molar-refractivity contribution in [2.24, 2.45) is 11.8 Å². The zero-order chi connectivity index (χ0) is 26.7. The number of anilines is 1. The first-order chi connectivity index (χ1) is 18.3. The minimum Gasteiger partial charge on any atom is -0.358 e. The number of ketones is 2. The minimum absolute atomic E-state index is 0.0976. The number of nitro groups is 1. The Hall–Kier alpha value is -4.92. The van der Waals surface area contributed by atoms with Gasteiger partial charge in [-0.3, -0.25) is 29.3 Å². The molecular formula is C29H21N3O6. The number of hydrogen-bond donors (Lipinski definition) is 0. The molecule has 6 rings (SSSR count). The Morgan fingerprint density at radius 1 is 0.868 bits per heavy atom. The van der Waals surface area contributed by atoms with Crippen molar-refractivity contribution in [3.05, 3.63) is 111 Å². The number of amides is 2. The number of nitrogens with zero attached hydrogens (tertiary/aromatic N) is 3. The summed E-state index contributed by atoms with van der Waals surface area (Å²) in [6.45, 7) is 1.43. The summed E-state index contributed by atoms with van der Waals surface area (Å²) in [6, 6.07) is 17.6. The van der Waals surface area contributed by atoms with Crippen molar-refractivity contribution in [1.29, 1.82) is 0 Å². The molecule has 9 nitrogen and oxygen atoms in total. The van der Waals surface area contributed by atoms with E-state index in [-0.39, 0.29) is 17.0 Å². The first-order valence-electron chi connectivity index (χ1n) is 12.1. The van der Waals surface area contributed by atoms with Gasteiger partial charge in [-0.1, -0.05) is 36.4 Å². The summed E-state index contributed by atoms with van der Waals surface area (Å²) in [7, 11) is 0. The molecule has 3 heterocycles. The lowest BCUT2D eigenvalue weighted by Gasteiger charge is -2.35. The molecule has 188 valence electrons. The lowest BCUT2D eigenvalue weighted by molar-refractivity contribution is -0.384. The van der Waals surface area contributed by atoms with Gasteiger partial charge >= 0.3 is 0 Å². The van der Waals surface area contributed by atoms with Crippen LogP contribution in [0.1, 0.15) is 44.8 Å². The average molecular weight is 508 g/mol. The molecule has 3 aliphatic heterocycles. The molecule has 9 heteroatoms. The number of hydrogen-bond acceptors (Lipinski definition) is 7. The van der Waals surface area contributed by atoms with Crippen LogP contribution < -0.4 is 4.90 Å². The van der Waals surface area contributed by atoms with Crippen molar-refractivity contribution >= 4 is 40.8 Å². The van der Waals surface area contributed by atoms with E-state index in [9.17, 15) is 29.3 Å². The van der Waals surface area contributed by atoms with Gasteiger partial charge in [0.2, 0.25) is 11.8 Å². The number of carbonyl (C=O) groups excluding carboxylic acids is 4. The predicted molar refractivity (Wildman–Crippen MR) is 137 cm³/mol. The fourth-order valence-electron chi connectivity index (χ4n) is 5.90. The van der Waals surface area contributed by atoms with E-state index in [1.807, 2.05) is 30.3 Å². The second kappa shape index (κ2) is 8.58. The molecule has 0 bridgehead atoms. The standard InChI is InChI=1S/C29H21N3O6/c1-16(33)17-9-11-20(12-10-17)31-28(35)23-24(29(31)36)26(27(34)19-6-4-7-21(15-19)32(37)38)30-14-13-18-5-2-3-8-22(18)25(23)30/h2-15,23-26H,1H3/t23-,24+,25-,26-/m0/s1. The maximum atomic E-state index is 13.9. The molecule has 0 aromatic heterocycles. The van der Waals surface area contributed by atoms with Crippen molar-refractivity contribution in [2.75, 3.05) is 4.90 Å². The number of fused-ring (bicyclic) bond motifs is 5. The quantitative estimate of drug-likeness (QED) is 0.220. The van der Waals surface area contributed by atoms with Crippen LogP contribution in [0.5, 0.6) is 0 Å². The Balaban J connectivity index is 1.47. The highest BCUT2D eigenvalue weighted by molar-refractivity contribution is 6.24. The minimum atomic E-state index is -1.03. The highest BCUT2D eigenvalue weighted by atomic mass is 16.6. The summed E-state index contributed by atoms with van der Waals surface area (Å²) in [4.78, 5) is 67.1. The number of imide groups is 1. The Morgan fingerprint density at radius 2 is 1.58 bits per heavy atom. The van der Waals surface area contributed by atoms with Crippen molar-refractivity contribution < 1.29 is 24.1 Å². The molecule has 4 atom stereocenters. The van der Waals surface area contributed by atoms with Gasteiger partial charge in [0.1, 0.15) is 6.04 Å². The van der Waals surface area contributed by atoms with Crippen LogP contribution in [0.15, 0.2) is 79.0 Å². The number of rotatable bonds is 5.